The van der Waals surface area contributed by atoms with Gasteiger partial charge in [0, 0.05) is 25.6 Å². The molecule has 2 aromatic rings. The summed E-state index contributed by atoms with van der Waals surface area (Å²) in [4.78, 5) is 67.0. The number of primary amides is 1. The number of aromatic hydroxyl groups is 1. The smallest absolute Gasteiger partial charge is 0.255 e. The molecule has 12 nitrogen and oxygen atoms in total. The minimum absolute atomic E-state index is 0.00392. The Bertz CT molecular complexity index is 1640. The molecule has 0 spiro atoms. The summed E-state index contributed by atoms with van der Waals surface area (Å²) in [6, 6.07) is 1.52. The second kappa shape index (κ2) is 8.35. The van der Waals surface area contributed by atoms with E-state index in [-0.39, 0.29) is 46.4 Å². The molecule has 0 unspecified atom stereocenters. The molecule has 0 heterocycles. The van der Waals surface area contributed by atoms with Crippen LogP contribution in [0.5, 0.6) is 5.75 Å². The number of rotatable bonds is 4. The number of amides is 1. The first-order chi connectivity index (χ1) is 18.2. The van der Waals surface area contributed by atoms with Crippen LogP contribution in [0.3, 0.4) is 0 Å². The topological polar surface area (TPSA) is 199 Å². The molecule has 12 heteroatoms. The summed E-state index contributed by atoms with van der Waals surface area (Å²) in [5.74, 6) is -7.56. The number of Topliss-reactive ketones (excluding diaryl/α,β-unsaturated/α-hetero) is 2. The van der Waals surface area contributed by atoms with Crippen LogP contribution in [0.2, 0.25) is 0 Å². The summed E-state index contributed by atoms with van der Waals surface area (Å²) in [7, 11) is 6.27. The molecule has 39 heavy (non-hydrogen) atoms. The van der Waals surface area contributed by atoms with E-state index in [1.165, 1.54) is 36.0 Å². The number of likely N-dealkylation sites (N-methyl/N-ethyl adjacent to an activating group) is 1. The average molecular weight is 538 g/mol. The van der Waals surface area contributed by atoms with E-state index in [1.807, 2.05) is 0 Å². The molecule has 3 aliphatic rings. The van der Waals surface area contributed by atoms with Gasteiger partial charge in [-0.3, -0.25) is 28.9 Å². The van der Waals surface area contributed by atoms with Crippen LogP contribution in [-0.4, -0.2) is 82.6 Å². The second-order valence-corrected chi connectivity index (χ2v) is 10.7. The largest absolute Gasteiger partial charge is 0.510 e. The maximum atomic E-state index is 13.8. The molecule has 0 saturated carbocycles. The van der Waals surface area contributed by atoms with Crippen LogP contribution in [-0.2, 0) is 16.0 Å². The Hall–Kier alpha value is -4.29. The predicted molar refractivity (Wildman–Crippen MR) is 138 cm³/mol. The molecule has 1 amide bonds. The van der Waals surface area contributed by atoms with Gasteiger partial charge in [-0.2, -0.15) is 0 Å². The molecule has 0 saturated heterocycles. The molecule has 2 aromatic carbocycles. The zero-order chi connectivity index (χ0) is 28.9. The first-order valence-electron chi connectivity index (χ1n) is 12.2. The van der Waals surface area contributed by atoms with Gasteiger partial charge in [-0.15, -0.1) is 0 Å². The van der Waals surface area contributed by atoms with Crippen molar-refractivity contribution in [2.24, 2.45) is 17.6 Å². The van der Waals surface area contributed by atoms with Gasteiger partial charge in [0.1, 0.15) is 28.5 Å². The van der Waals surface area contributed by atoms with E-state index in [4.69, 9.17) is 5.73 Å². The van der Waals surface area contributed by atoms with Crippen molar-refractivity contribution in [2.45, 2.75) is 24.5 Å². The number of nitrogens with two attached hydrogens (primary N) is 1. The number of aliphatic hydroxyl groups is 3. The highest BCUT2D eigenvalue weighted by Crippen LogP contribution is 2.53. The van der Waals surface area contributed by atoms with Crippen molar-refractivity contribution in [3.8, 4) is 16.9 Å². The number of carbonyl (C=O) groups is 3. The van der Waals surface area contributed by atoms with Crippen LogP contribution in [0, 0.1) is 11.8 Å². The highest BCUT2D eigenvalue weighted by Gasteiger charge is 2.63. The number of carbonyl (C=O) groups excluding carboxylic acids is 3. The molecule has 0 aliphatic heterocycles. The van der Waals surface area contributed by atoms with Crippen molar-refractivity contribution in [3.63, 3.8) is 0 Å². The van der Waals surface area contributed by atoms with E-state index in [1.54, 1.807) is 14.1 Å². The Labute approximate surface area is 221 Å². The fourth-order valence-electron chi connectivity index (χ4n) is 6.54. The van der Waals surface area contributed by atoms with Crippen molar-refractivity contribution in [1.82, 2.24) is 4.90 Å². The summed E-state index contributed by atoms with van der Waals surface area (Å²) >= 11 is 0. The van der Waals surface area contributed by atoms with Crippen LogP contribution >= 0.6 is 0 Å². The fourth-order valence-corrected chi connectivity index (χ4v) is 6.54. The summed E-state index contributed by atoms with van der Waals surface area (Å²) in [5, 5.41) is 44.5. The van der Waals surface area contributed by atoms with Gasteiger partial charge in [0.2, 0.25) is 16.6 Å². The van der Waals surface area contributed by atoms with E-state index in [9.17, 15) is 44.4 Å². The van der Waals surface area contributed by atoms with E-state index < -0.39 is 74.7 Å². The fraction of sp³-hybridized carbons (Fsp3) is 0.370. The molecule has 0 aromatic heterocycles. The number of fused-ring (bicyclic) bond motifs is 3. The number of phenols is 1. The van der Waals surface area contributed by atoms with E-state index in [2.05, 4.69) is 0 Å². The monoisotopic (exact) mass is 537 g/mol. The number of allylic oxidation sites excluding steroid dienone is 1. The van der Waals surface area contributed by atoms with Crippen LogP contribution in [0.15, 0.2) is 44.4 Å². The lowest BCUT2D eigenvalue weighted by Crippen LogP contribution is -2.63. The van der Waals surface area contributed by atoms with E-state index in [0.29, 0.717) is 0 Å². The van der Waals surface area contributed by atoms with Crippen molar-refractivity contribution >= 4 is 23.2 Å². The van der Waals surface area contributed by atoms with Gasteiger partial charge in [-0.05, 0) is 50.0 Å². The number of ketones is 2. The van der Waals surface area contributed by atoms with E-state index >= 15 is 0 Å². The van der Waals surface area contributed by atoms with Crippen LogP contribution in [0.1, 0.15) is 22.3 Å². The lowest BCUT2D eigenvalue weighted by molar-refractivity contribution is -0.148. The first kappa shape index (κ1) is 26.3. The molecular formula is C27H27N3O9. The minimum atomic E-state index is -2.74. The van der Waals surface area contributed by atoms with Crippen molar-refractivity contribution in [3.05, 3.63) is 66.4 Å². The quantitative estimate of drug-likeness (QED) is 0.248. The third-order valence-corrected chi connectivity index (χ3v) is 8.21. The molecule has 0 radical (unpaired) electrons. The Balaban J connectivity index is 1.75. The summed E-state index contributed by atoms with van der Waals surface area (Å²) in [6.45, 7) is 0. The Morgan fingerprint density at radius 3 is 2.21 bits per heavy atom. The molecule has 0 fully saturated rings. The predicted octanol–water partition coefficient (Wildman–Crippen LogP) is -0.550. The molecule has 5 rings (SSSR count). The number of phenolic OH excluding ortho intramolecular Hbond substituents is 1. The lowest BCUT2D eigenvalue weighted by Gasteiger charge is -2.50. The molecule has 0 bridgehead atoms. The van der Waals surface area contributed by atoms with Gasteiger partial charge in [-0.25, -0.2) is 0 Å². The second-order valence-electron chi connectivity index (χ2n) is 10.7. The van der Waals surface area contributed by atoms with Gasteiger partial charge >= 0.3 is 0 Å². The minimum Gasteiger partial charge on any atom is -0.510 e. The highest BCUT2D eigenvalue weighted by molar-refractivity contribution is 6.25. The Morgan fingerprint density at radius 2 is 1.64 bits per heavy atom. The molecule has 3 aliphatic carbocycles. The maximum absolute atomic E-state index is 13.8. The Kier molecular flexibility index (Phi) is 5.64. The van der Waals surface area contributed by atoms with Gasteiger partial charge in [0.05, 0.1) is 17.2 Å². The molecular weight excluding hydrogens is 510 g/mol. The highest BCUT2D eigenvalue weighted by atomic mass is 16.3. The number of anilines is 1. The van der Waals surface area contributed by atoms with Gasteiger partial charge in [0.15, 0.2) is 11.4 Å². The third kappa shape index (κ3) is 3.21. The Morgan fingerprint density at radius 1 is 1.00 bits per heavy atom. The summed E-state index contributed by atoms with van der Waals surface area (Å²) < 4.78 is 0. The summed E-state index contributed by atoms with van der Waals surface area (Å²) in [5.41, 5.74) is 0.577. The SMILES string of the molecule is CN(C)c1c(-c2ccc(O)c3c2C[C@H]2C[C@H]4[C@H](N(C)C)C(O)=C(C(N)=O)C(=O)[C@@]4(O)C(O)=C2C3=O)c(=O)c1=O. The molecule has 4 atom stereocenters. The summed E-state index contributed by atoms with van der Waals surface area (Å²) in [6.07, 6.45) is -0.0860. The van der Waals surface area contributed by atoms with Gasteiger partial charge in [0.25, 0.3) is 5.91 Å². The zero-order valence-electron chi connectivity index (χ0n) is 21.6. The van der Waals surface area contributed by atoms with Crippen molar-refractivity contribution < 1.29 is 34.8 Å². The van der Waals surface area contributed by atoms with Crippen LogP contribution < -0.4 is 21.5 Å². The number of hydrogen-bond donors (Lipinski definition) is 5. The van der Waals surface area contributed by atoms with Crippen LogP contribution in [0.4, 0.5) is 5.69 Å². The average Bonchev–Trinajstić information content (AvgIpc) is 2.84. The number of nitrogens with zero attached hydrogens (tertiary/aromatic N) is 2. The third-order valence-electron chi connectivity index (χ3n) is 8.21. The van der Waals surface area contributed by atoms with Crippen LogP contribution in [0.25, 0.3) is 11.1 Å². The van der Waals surface area contributed by atoms with Gasteiger partial charge in [-0.1, -0.05) is 6.07 Å². The van der Waals surface area contributed by atoms with Crippen molar-refractivity contribution in [2.75, 3.05) is 33.1 Å². The normalized spacial score (nSPS) is 26.6. The number of hydrogen-bond acceptors (Lipinski definition) is 11. The molecule has 204 valence electrons. The lowest BCUT2D eigenvalue weighted by atomic mass is 9.58. The van der Waals surface area contributed by atoms with Crippen molar-refractivity contribution in [1.29, 1.82) is 0 Å². The van der Waals surface area contributed by atoms with E-state index in [0.717, 1.165) is 0 Å². The standard InChI is InChI=1S/C27H27N3O9/c1-29(2)18-12-8-9-7-11-10(16-19(30(3)4)23(35)22(16)34)5-6-13(31)15(11)20(32)14(9)24(36)27(12,39)25(37)17(21(18)33)26(28)38/h5-6,9,12,18,31,33,36,39H,7-8H2,1-4H3,(H2,28,38)/t9-,12-,18-,27-/m0/s1. The number of benzene rings is 1. The molecule has 6 N–H and O–H groups in total. The van der Waals surface area contributed by atoms with Gasteiger partial charge < -0.3 is 31.1 Å². The maximum Gasteiger partial charge on any atom is 0.255 e. The zero-order valence-corrected chi connectivity index (χ0v) is 21.6. The first-order valence-corrected chi connectivity index (χ1v) is 12.2. The number of aliphatic hydroxyl groups excluding tert-OH is 2.